The summed E-state index contributed by atoms with van der Waals surface area (Å²) in [5, 5.41) is 9.38. The van der Waals surface area contributed by atoms with Gasteiger partial charge in [0.2, 0.25) is 0 Å². The van der Waals surface area contributed by atoms with Crippen LogP contribution >= 0.6 is 0 Å². The van der Waals surface area contributed by atoms with Gasteiger partial charge in [0, 0.05) is 5.56 Å². The van der Waals surface area contributed by atoms with E-state index in [9.17, 15) is 5.11 Å². The lowest BCUT2D eigenvalue weighted by atomic mass is 10.2. The summed E-state index contributed by atoms with van der Waals surface area (Å²) in [5.74, 6) is 1.09. The fourth-order valence-electron chi connectivity index (χ4n) is 1.09. The molecule has 0 aliphatic rings. The smallest absolute Gasteiger partial charge is 0.125 e. The molecule has 0 bridgehead atoms. The van der Waals surface area contributed by atoms with Gasteiger partial charge in [-0.15, -0.1) is 0 Å². The lowest BCUT2D eigenvalue weighted by Crippen LogP contribution is -1.97. The first-order valence-electron chi connectivity index (χ1n) is 4.67. The van der Waals surface area contributed by atoms with Gasteiger partial charge in [0.1, 0.15) is 11.5 Å². The summed E-state index contributed by atoms with van der Waals surface area (Å²) in [6, 6.07) is 5.34. The van der Waals surface area contributed by atoms with Crippen molar-refractivity contribution < 1.29 is 9.84 Å². The van der Waals surface area contributed by atoms with Gasteiger partial charge < -0.3 is 9.84 Å². The quantitative estimate of drug-likeness (QED) is 0.722. The van der Waals surface area contributed by atoms with Gasteiger partial charge in [-0.1, -0.05) is 19.4 Å². The maximum atomic E-state index is 9.38. The zero-order valence-corrected chi connectivity index (χ0v) is 8.21. The Labute approximate surface area is 79.2 Å². The third kappa shape index (κ3) is 2.65. The van der Waals surface area contributed by atoms with Crippen LogP contribution in [0.2, 0.25) is 0 Å². The second-order valence-electron chi connectivity index (χ2n) is 3.10. The summed E-state index contributed by atoms with van der Waals surface area (Å²) in [6.07, 6.45) is 2.17. The van der Waals surface area contributed by atoms with Crippen LogP contribution in [0.5, 0.6) is 11.5 Å². The van der Waals surface area contributed by atoms with E-state index in [1.165, 1.54) is 0 Å². The Hall–Kier alpha value is -1.18. The summed E-state index contributed by atoms with van der Waals surface area (Å²) >= 11 is 0. The van der Waals surface area contributed by atoms with Gasteiger partial charge in [-0.05, 0) is 25.5 Å². The van der Waals surface area contributed by atoms with Crippen molar-refractivity contribution in [2.24, 2.45) is 0 Å². The van der Waals surface area contributed by atoms with Crippen LogP contribution in [0.25, 0.3) is 0 Å². The van der Waals surface area contributed by atoms with E-state index in [4.69, 9.17) is 4.74 Å². The van der Waals surface area contributed by atoms with E-state index in [-0.39, 0.29) is 0 Å². The van der Waals surface area contributed by atoms with Gasteiger partial charge in [0.15, 0.2) is 0 Å². The number of benzene rings is 1. The Morgan fingerprint density at radius 3 is 2.85 bits per heavy atom. The molecule has 1 N–H and O–H groups in total. The van der Waals surface area contributed by atoms with Gasteiger partial charge in [0.05, 0.1) is 6.61 Å². The van der Waals surface area contributed by atoms with E-state index < -0.39 is 0 Å². The molecule has 0 aliphatic heterocycles. The summed E-state index contributed by atoms with van der Waals surface area (Å²) in [7, 11) is 0. The third-order valence-corrected chi connectivity index (χ3v) is 2.01. The molecule has 0 saturated heterocycles. The van der Waals surface area contributed by atoms with Crippen LogP contribution in [0.1, 0.15) is 25.3 Å². The molecule has 13 heavy (non-hydrogen) atoms. The van der Waals surface area contributed by atoms with Gasteiger partial charge in [-0.2, -0.15) is 0 Å². The van der Waals surface area contributed by atoms with E-state index in [1.807, 2.05) is 13.0 Å². The predicted octanol–water partition coefficient (Wildman–Crippen LogP) is 2.88. The van der Waals surface area contributed by atoms with E-state index in [2.05, 4.69) is 6.92 Å². The largest absolute Gasteiger partial charge is 0.508 e. The van der Waals surface area contributed by atoms with Crippen molar-refractivity contribution in [2.75, 3.05) is 6.61 Å². The molecule has 0 saturated carbocycles. The highest BCUT2D eigenvalue weighted by molar-refractivity contribution is 5.42. The van der Waals surface area contributed by atoms with Gasteiger partial charge >= 0.3 is 0 Å². The van der Waals surface area contributed by atoms with Gasteiger partial charge in [0.25, 0.3) is 0 Å². The van der Waals surface area contributed by atoms with E-state index in [1.54, 1.807) is 12.1 Å². The minimum Gasteiger partial charge on any atom is -0.508 e. The Balaban J connectivity index is 2.61. The molecule has 0 fully saturated rings. The van der Waals surface area contributed by atoms with Crippen molar-refractivity contribution in [3.8, 4) is 11.5 Å². The number of unbranched alkanes of at least 4 members (excludes halogenated alkanes) is 1. The summed E-state index contributed by atoms with van der Waals surface area (Å²) in [5.41, 5.74) is 0.818. The molecule has 1 aromatic rings. The zero-order chi connectivity index (χ0) is 9.68. The van der Waals surface area contributed by atoms with Gasteiger partial charge in [-0.3, -0.25) is 0 Å². The second kappa shape index (κ2) is 4.75. The van der Waals surface area contributed by atoms with Crippen LogP contribution in [-0.4, -0.2) is 11.7 Å². The number of aromatic hydroxyl groups is 1. The Morgan fingerprint density at radius 2 is 2.15 bits per heavy atom. The van der Waals surface area contributed by atoms with E-state index >= 15 is 0 Å². The number of phenols is 1. The van der Waals surface area contributed by atoms with Gasteiger partial charge in [-0.25, -0.2) is 0 Å². The highest BCUT2D eigenvalue weighted by Gasteiger charge is 2.02. The molecule has 0 amide bonds. The molecule has 0 unspecified atom stereocenters. The molecule has 0 heterocycles. The van der Waals surface area contributed by atoms with Crippen molar-refractivity contribution >= 4 is 0 Å². The Bertz CT molecular complexity index is 269. The van der Waals surface area contributed by atoms with Crippen LogP contribution in [0.15, 0.2) is 18.2 Å². The average molecular weight is 180 g/mol. The van der Waals surface area contributed by atoms with E-state index in [0.29, 0.717) is 5.75 Å². The fraction of sp³-hybridized carbons (Fsp3) is 0.455. The number of hydrogen-bond donors (Lipinski definition) is 1. The average Bonchev–Trinajstić information content (AvgIpc) is 2.13. The number of ether oxygens (including phenoxy) is 1. The van der Waals surface area contributed by atoms with Crippen LogP contribution < -0.4 is 4.74 Å². The summed E-state index contributed by atoms with van der Waals surface area (Å²) in [6.45, 7) is 4.70. The first-order valence-corrected chi connectivity index (χ1v) is 4.67. The fourth-order valence-corrected chi connectivity index (χ4v) is 1.09. The highest BCUT2D eigenvalue weighted by atomic mass is 16.5. The summed E-state index contributed by atoms with van der Waals surface area (Å²) < 4.78 is 5.50. The molecule has 1 aromatic carbocycles. The first-order chi connectivity index (χ1) is 6.25. The lowest BCUT2D eigenvalue weighted by molar-refractivity contribution is 0.305. The molecule has 0 radical (unpaired) electrons. The van der Waals surface area contributed by atoms with Crippen LogP contribution in [0.3, 0.4) is 0 Å². The lowest BCUT2D eigenvalue weighted by Gasteiger charge is -2.08. The van der Waals surface area contributed by atoms with Crippen molar-refractivity contribution in [3.63, 3.8) is 0 Å². The third-order valence-electron chi connectivity index (χ3n) is 2.01. The molecule has 0 spiro atoms. The van der Waals surface area contributed by atoms with E-state index in [0.717, 1.165) is 30.8 Å². The number of hydrogen-bond acceptors (Lipinski definition) is 2. The molecule has 2 nitrogen and oxygen atoms in total. The normalized spacial score (nSPS) is 10.0. The molecule has 1 rings (SSSR count). The topological polar surface area (TPSA) is 29.5 Å². The van der Waals surface area contributed by atoms with Crippen molar-refractivity contribution in [2.45, 2.75) is 26.7 Å². The summed E-state index contributed by atoms with van der Waals surface area (Å²) in [4.78, 5) is 0. The highest BCUT2D eigenvalue weighted by Crippen LogP contribution is 2.25. The molecule has 2 heteroatoms. The molecular weight excluding hydrogens is 164 g/mol. The van der Waals surface area contributed by atoms with Crippen molar-refractivity contribution in [3.05, 3.63) is 23.8 Å². The van der Waals surface area contributed by atoms with Crippen LogP contribution in [0.4, 0.5) is 0 Å². The minimum absolute atomic E-state index is 0.300. The van der Waals surface area contributed by atoms with Crippen molar-refractivity contribution in [1.29, 1.82) is 0 Å². The number of phenolic OH excluding ortho intramolecular Hbond substituents is 1. The molecule has 0 aromatic heterocycles. The van der Waals surface area contributed by atoms with Crippen LogP contribution in [-0.2, 0) is 0 Å². The molecule has 72 valence electrons. The maximum Gasteiger partial charge on any atom is 0.125 e. The second-order valence-corrected chi connectivity index (χ2v) is 3.10. The molecule has 0 aliphatic carbocycles. The van der Waals surface area contributed by atoms with Crippen molar-refractivity contribution in [1.82, 2.24) is 0 Å². The SMILES string of the molecule is CCCCOc1cccc(O)c1C. The Morgan fingerprint density at radius 1 is 1.38 bits per heavy atom. The molecular formula is C11H16O2. The maximum absolute atomic E-state index is 9.38. The monoisotopic (exact) mass is 180 g/mol. The number of rotatable bonds is 4. The molecule has 0 atom stereocenters. The zero-order valence-electron chi connectivity index (χ0n) is 8.21. The Kier molecular flexibility index (Phi) is 3.62. The van der Waals surface area contributed by atoms with Crippen LogP contribution in [0, 0.1) is 6.92 Å². The standard InChI is InChI=1S/C11H16O2/c1-3-4-8-13-11-7-5-6-10(12)9(11)2/h5-7,12H,3-4,8H2,1-2H3. The first kappa shape index (κ1) is 9.90. The predicted molar refractivity (Wildman–Crippen MR) is 53.2 cm³/mol. The minimum atomic E-state index is 0.300.